The van der Waals surface area contributed by atoms with Crippen LogP contribution in [0.1, 0.15) is 25.3 Å². The number of fused-ring (bicyclic) bond motifs is 2. The smallest absolute Gasteiger partial charge is 0.276 e. The third kappa shape index (κ3) is 4.72. The van der Waals surface area contributed by atoms with Crippen LogP contribution >= 0.6 is 23.1 Å². The monoisotopic (exact) mass is 556 g/mol. The average molecular weight is 557 g/mol. The maximum Gasteiger partial charge on any atom is 0.276 e. The summed E-state index contributed by atoms with van der Waals surface area (Å²) in [7, 11) is 0. The van der Waals surface area contributed by atoms with Crippen molar-refractivity contribution >= 4 is 62.8 Å². The Morgan fingerprint density at radius 1 is 1.45 bits per heavy atom. The van der Waals surface area contributed by atoms with Crippen LogP contribution < -0.4 is 20.7 Å². The molecule has 3 aromatic heterocycles. The van der Waals surface area contributed by atoms with Gasteiger partial charge in [0.15, 0.2) is 29.2 Å². The van der Waals surface area contributed by atoms with E-state index in [2.05, 4.69) is 15.5 Å². The molecule has 0 bridgehead atoms. The molecule has 2 aliphatic heterocycles. The van der Waals surface area contributed by atoms with Gasteiger partial charge in [0, 0.05) is 22.8 Å². The van der Waals surface area contributed by atoms with Crippen molar-refractivity contribution in [1.29, 1.82) is 0 Å². The van der Waals surface area contributed by atoms with Gasteiger partial charge in [0.05, 0.1) is 17.7 Å². The Balaban J connectivity index is 1.38. The van der Waals surface area contributed by atoms with E-state index in [4.69, 9.17) is 15.0 Å². The number of aliphatic carboxylic acids is 1. The van der Waals surface area contributed by atoms with Crippen LogP contribution in [0.5, 0.6) is 0 Å². The van der Waals surface area contributed by atoms with E-state index in [1.165, 1.54) is 16.7 Å². The van der Waals surface area contributed by atoms with Gasteiger partial charge in [-0.15, -0.1) is 23.1 Å². The lowest BCUT2D eigenvalue weighted by molar-refractivity contribution is -0.663. The van der Waals surface area contributed by atoms with Gasteiger partial charge in [-0.1, -0.05) is 5.16 Å². The van der Waals surface area contributed by atoms with E-state index in [-0.39, 0.29) is 34.9 Å². The Labute approximate surface area is 225 Å². The van der Waals surface area contributed by atoms with Crippen molar-refractivity contribution in [3.05, 3.63) is 52.5 Å². The Morgan fingerprint density at radius 2 is 2.24 bits per heavy atom. The highest BCUT2D eigenvalue weighted by molar-refractivity contribution is 8.00. The SMILES string of the molecule is Cc1cc2c(ccc[n+]2CC2=C(C(=O)[O-])N3C(=O)C(NC(=O)C(=NOC(C)C)c4csc(N)n4)[C@@H]3SC2)o1. The summed E-state index contributed by atoms with van der Waals surface area (Å²) in [6.45, 7) is 5.56. The van der Waals surface area contributed by atoms with Crippen LogP contribution in [-0.4, -0.2) is 56.7 Å². The fourth-order valence-corrected chi connectivity index (χ4v) is 6.17. The minimum Gasteiger partial charge on any atom is -0.543 e. The van der Waals surface area contributed by atoms with E-state index in [9.17, 15) is 19.5 Å². The third-order valence-corrected chi connectivity index (χ3v) is 7.92. The molecule has 0 spiro atoms. The lowest BCUT2D eigenvalue weighted by Crippen LogP contribution is -2.71. The molecule has 0 aromatic carbocycles. The van der Waals surface area contributed by atoms with E-state index in [0.717, 1.165) is 22.6 Å². The van der Waals surface area contributed by atoms with Gasteiger partial charge in [-0.25, -0.2) is 4.98 Å². The summed E-state index contributed by atoms with van der Waals surface area (Å²) in [5.41, 5.74) is 7.60. The fraction of sp³-hybridized carbons (Fsp3) is 0.333. The minimum atomic E-state index is -1.45. The number of carboxylic acids is 1. The van der Waals surface area contributed by atoms with Gasteiger partial charge >= 0.3 is 0 Å². The van der Waals surface area contributed by atoms with Gasteiger partial charge in [-0.05, 0) is 26.8 Å². The molecule has 1 unspecified atom stereocenters. The summed E-state index contributed by atoms with van der Waals surface area (Å²) in [5.74, 6) is -1.64. The molecule has 3 N–H and O–H groups in total. The first kappa shape index (κ1) is 25.7. The Morgan fingerprint density at radius 3 is 2.92 bits per heavy atom. The van der Waals surface area contributed by atoms with Crippen LogP contribution in [0, 0.1) is 6.92 Å². The number of anilines is 1. The molecular formula is C24H24N6O6S2. The van der Waals surface area contributed by atoms with Crippen LogP contribution in [-0.2, 0) is 25.8 Å². The molecule has 2 atom stereocenters. The second-order valence-corrected chi connectivity index (χ2v) is 11.0. The van der Waals surface area contributed by atoms with Gasteiger partial charge in [-0.3, -0.25) is 14.5 Å². The maximum atomic E-state index is 13.1. The highest BCUT2D eigenvalue weighted by Crippen LogP contribution is 2.40. The molecule has 38 heavy (non-hydrogen) atoms. The molecule has 5 heterocycles. The number of nitrogens with one attached hydrogen (secondary N) is 1. The Hall–Kier alpha value is -3.91. The van der Waals surface area contributed by atoms with Gasteiger partial charge in [-0.2, -0.15) is 4.57 Å². The van der Waals surface area contributed by atoms with Crippen LogP contribution in [0.15, 0.2) is 50.6 Å². The van der Waals surface area contributed by atoms with E-state index in [0.29, 0.717) is 16.9 Å². The number of aromatic nitrogens is 2. The highest BCUT2D eigenvalue weighted by Gasteiger charge is 2.53. The molecule has 1 saturated heterocycles. The molecular weight excluding hydrogens is 532 g/mol. The first-order valence-electron chi connectivity index (χ1n) is 11.7. The van der Waals surface area contributed by atoms with Gasteiger partial charge in [0.2, 0.25) is 0 Å². The number of β-lactam (4-membered cyclic amide) rings is 1. The normalized spacial score (nSPS) is 19.5. The molecule has 1 fully saturated rings. The van der Waals surface area contributed by atoms with Gasteiger partial charge in [0.25, 0.3) is 17.3 Å². The van der Waals surface area contributed by atoms with Crippen molar-refractivity contribution < 1.29 is 33.3 Å². The zero-order valence-electron chi connectivity index (χ0n) is 20.7. The number of hydrogen-bond acceptors (Lipinski definition) is 11. The molecule has 2 aliphatic rings. The van der Waals surface area contributed by atoms with E-state index in [1.807, 2.05) is 35.9 Å². The number of thiazole rings is 1. The molecule has 14 heteroatoms. The second-order valence-electron chi connectivity index (χ2n) is 9.01. The number of pyridine rings is 1. The molecule has 3 aromatic rings. The second kappa shape index (κ2) is 10.1. The molecule has 2 amide bonds. The number of thioether (sulfide) groups is 1. The van der Waals surface area contributed by atoms with Crippen LogP contribution in [0.4, 0.5) is 5.13 Å². The number of nitrogens with zero attached hydrogens (tertiary/aromatic N) is 4. The summed E-state index contributed by atoms with van der Waals surface area (Å²) in [6.07, 6.45) is 1.52. The zero-order valence-corrected chi connectivity index (χ0v) is 22.3. The third-order valence-electron chi connectivity index (χ3n) is 5.91. The number of hydrogen-bond donors (Lipinski definition) is 2. The average Bonchev–Trinajstić information content (AvgIpc) is 3.47. The van der Waals surface area contributed by atoms with Crippen molar-refractivity contribution in [2.45, 2.75) is 44.8 Å². The minimum absolute atomic E-state index is 0.130. The van der Waals surface area contributed by atoms with Crippen molar-refractivity contribution in [1.82, 2.24) is 15.2 Å². The maximum absolute atomic E-state index is 13.1. The predicted molar refractivity (Wildman–Crippen MR) is 137 cm³/mol. The number of carbonyl (C=O) groups excluding carboxylic acids is 3. The first-order valence-corrected chi connectivity index (χ1v) is 13.6. The molecule has 0 saturated carbocycles. The molecule has 5 rings (SSSR count). The Bertz CT molecular complexity index is 1510. The van der Waals surface area contributed by atoms with Crippen LogP contribution in [0.2, 0.25) is 0 Å². The largest absolute Gasteiger partial charge is 0.543 e. The number of amides is 2. The molecule has 0 aliphatic carbocycles. The lowest BCUT2D eigenvalue weighted by atomic mass is 10.0. The van der Waals surface area contributed by atoms with E-state index < -0.39 is 29.2 Å². The standard InChI is InChI=1S/C24H24N6O6S2/c1-11(2)36-28-17(14-10-38-24(25)26-14)20(31)27-18-21(32)30-19(23(33)34)13(9-37-22(18)30)8-29-6-4-5-16-15(29)7-12(3)35-16/h4-7,10-11,18,22H,8-9H2,1-3H3,(H3-,25,26,27,31,33,34)/t18?,22-/m0/s1. The highest BCUT2D eigenvalue weighted by atomic mass is 32.2. The van der Waals surface area contributed by atoms with Gasteiger partial charge in [0.1, 0.15) is 29.0 Å². The topological polar surface area (TPSA) is 167 Å². The number of carboxylic acid groups (broad SMARTS) is 1. The number of aryl methyl sites for hydroxylation is 1. The summed E-state index contributed by atoms with van der Waals surface area (Å²) in [6, 6.07) is 4.54. The molecule has 12 nitrogen and oxygen atoms in total. The number of rotatable bonds is 8. The fourth-order valence-electron chi connectivity index (χ4n) is 4.28. The summed E-state index contributed by atoms with van der Waals surface area (Å²) < 4.78 is 7.53. The van der Waals surface area contributed by atoms with Crippen molar-refractivity contribution in [2.24, 2.45) is 5.16 Å². The quantitative estimate of drug-likeness (QED) is 0.172. The Kier molecular flexibility index (Phi) is 6.84. The van der Waals surface area contributed by atoms with E-state index >= 15 is 0 Å². The van der Waals surface area contributed by atoms with Crippen molar-refractivity contribution in [3.8, 4) is 0 Å². The predicted octanol–water partition coefficient (Wildman–Crippen LogP) is 0.301. The summed E-state index contributed by atoms with van der Waals surface area (Å²) in [5, 5.41) is 19.9. The molecule has 0 radical (unpaired) electrons. The number of carbonyl (C=O) groups is 3. The number of nitrogen functional groups attached to an aromatic ring is 1. The van der Waals surface area contributed by atoms with E-state index in [1.54, 1.807) is 19.2 Å². The number of nitrogens with two attached hydrogens (primary N) is 1. The number of furan rings is 1. The van der Waals surface area contributed by atoms with Crippen LogP contribution in [0.25, 0.3) is 11.1 Å². The lowest BCUT2D eigenvalue weighted by Gasteiger charge is -2.50. The first-order chi connectivity index (χ1) is 18.1. The summed E-state index contributed by atoms with van der Waals surface area (Å²) in [4.78, 5) is 49.0. The van der Waals surface area contributed by atoms with Crippen molar-refractivity contribution in [2.75, 3.05) is 11.5 Å². The number of oxime groups is 1. The van der Waals surface area contributed by atoms with Crippen molar-refractivity contribution in [3.63, 3.8) is 0 Å². The van der Waals surface area contributed by atoms with Crippen LogP contribution in [0.3, 0.4) is 0 Å². The zero-order chi connectivity index (χ0) is 27.1. The van der Waals surface area contributed by atoms with Gasteiger partial charge < -0.3 is 30.2 Å². The molecule has 198 valence electrons. The summed E-state index contributed by atoms with van der Waals surface area (Å²) >= 11 is 2.49.